The molecule has 7 nitrogen and oxygen atoms in total. The van der Waals surface area contributed by atoms with Crippen LogP contribution in [0.4, 0.5) is 10.1 Å². The predicted octanol–water partition coefficient (Wildman–Crippen LogP) is 4.03. The van der Waals surface area contributed by atoms with Gasteiger partial charge in [-0.15, -0.1) is 11.8 Å². The molecule has 1 unspecified atom stereocenters. The second-order valence-corrected chi connectivity index (χ2v) is 7.77. The molecule has 3 rings (SSSR count). The van der Waals surface area contributed by atoms with Crippen molar-refractivity contribution >= 4 is 23.4 Å². The van der Waals surface area contributed by atoms with Crippen molar-refractivity contribution in [1.29, 1.82) is 0 Å². The Morgan fingerprint density at radius 1 is 1.31 bits per heavy atom. The molecule has 0 radical (unpaired) electrons. The molecule has 1 N–H and O–H groups in total. The molecular weight excluding hydrogens is 395 g/mol. The van der Waals surface area contributed by atoms with E-state index in [-0.39, 0.29) is 18.1 Å². The molecule has 0 aliphatic carbocycles. The van der Waals surface area contributed by atoms with E-state index in [1.54, 1.807) is 55.1 Å². The maximum absolute atomic E-state index is 14.4. The highest BCUT2D eigenvalue weighted by Gasteiger charge is 2.15. The first-order chi connectivity index (χ1) is 13.8. The van der Waals surface area contributed by atoms with E-state index in [2.05, 4.69) is 10.3 Å². The number of imidazole rings is 1. The second-order valence-electron chi connectivity index (χ2n) is 6.36. The monoisotopic (exact) mass is 414 g/mol. The van der Waals surface area contributed by atoms with E-state index in [0.29, 0.717) is 17.1 Å². The average Bonchev–Trinajstić information content (AvgIpc) is 3.12. The molecule has 1 heterocycles. The maximum atomic E-state index is 14.4. The van der Waals surface area contributed by atoms with E-state index >= 15 is 0 Å². The van der Waals surface area contributed by atoms with Crippen molar-refractivity contribution in [2.45, 2.75) is 30.5 Å². The largest absolute Gasteiger partial charge is 0.351 e. The molecule has 0 saturated heterocycles. The zero-order chi connectivity index (χ0) is 21.0. The smallest absolute Gasteiger partial charge is 0.269 e. The summed E-state index contributed by atoms with van der Waals surface area (Å²) >= 11 is 1.29. The summed E-state index contributed by atoms with van der Waals surface area (Å²) in [6, 6.07) is 10.8. The molecule has 0 bridgehead atoms. The van der Waals surface area contributed by atoms with Gasteiger partial charge >= 0.3 is 0 Å². The minimum absolute atomic E-state index is 0.00261. The van der Waals surface area contributed by atoms with Gasteiger partial charge < -0.3 is 9.88 Å². The van der Waals surface area contributed by atoms with Crippen molar-refractivity contribution in [2.75, 3.05) is 0 Å². The Balaban J connectivity index is 1.57. The van der Waals surface area contributed by atoms with Crippen LogP contribution in [-0.4, -0.2) is 25.6 Å². The summed E-state index contributed by atoms with van der Waals surface area (Å²) in [6.07, 6.45) is 3.29. The molecule has 0 saturated carbocycles. The number of nitro benzene ring substituents is 1. The summed E-state index contributed by atoms with van der Waals surface area (Å²) in [5.74, 6) is 0.0801. The maximum Gasteiger partial charge on any atom is 0.269 e. The fourth-order valence-corrected chi connectivity index (χ4v) is 3.62. The van der Waals surface area contributed by atoms with Crippen LogP contribution in [-0.2, 0) is 11.3 Å². The average molecular weight is 414 g/mol. The standard InChI is InChI=1S/C20H19FN4O3S/c1-13(29-17-6-4-16(5-7-17)25(27)28)20(26)23-12-15-3-8-19(18(21)11-15)24-10-9-22-14(24)2/h3-11,13H,12H2,1-2H3,(H,23,26). The van der Waals surface area contributed by atoms with Gasteiger partial charge in [-0.05, 0) is 43.7 Å². The summed E-state index contributed by atoms with van der Waals surface area (Å²) in [6.45, 7) is 3.73. The lowest BCUT2D eigenvalue weighted by Crippen LogP contribution is -2.30. The van der Waals surface area contributed by atoms with Gasteiger partial charge in [-0.3, -0.25) is 14.9 Å². The Morgan fingerprint density at radius 3 is 2.62 bits per heavy atom. The van der Waals surface area contributed by atoms with Crippen LogP contribution in [0, 0.1) is 22.9 Å². The highest BCUT2D eigenvalue weighted by atomic mass is 32.2. The molecule has 0 aliphatic heterocycles. The van der Waals surface area contributed by atoms with Crippen LogP contribution in [0.1, 0.15) is 18.3 Å². The lowest BCUT2D eigenvalue weighted by atomic mass is 10.2. The molecule has 9 heteroatoms. The number of hydrogen-bond donors (Lipinski definition) is 1. The number of carbonyl (C=O) groups is 1. The van der Waals surface area contributed by atoms with Crippen LogP contribution in [0.2, 0.25) is 0 Å². The molecule has 1 aromatic heterocycles. The quantitative estimate of drug-likeness (QED) is 0.358. The van der Waals surface area contributed by atoms with Gasteiger partial charge in [0.2, 0.25) is 5.91 Å². The Kier molecular flexibility index (Phi) is 6.28. The number of aromatic nitrogens is 2. The Morgan fingerprint density at radius 2 is 2.03 bits per heavy atom. The number of benzene rings is 2. The topological polar surface area (TPSA) is 90.1 Å². The summed E-state index contributed by atoms with van der Waals surface area (Å²) < 4.78 is 16.1. The van der Waals surface area contributed by atoms with Crippen LogP contribution in [0.3, 0.4) is 0 Å². The molecule has 1 atom stereocenters. The second kappa shape index (κ2) is 8.87. The molecule has 150 valence electrons. The van der Waals surface area contributed by atoms with E-state index in [9.17, 15) is 19.3 Å². The number of thioether (sulfide) groups is 1. The molecule has 29 heavy (non-hydrogen) atoms. The fourth-order valence-electron chi connectivity index (χ4n) is 2.73. The summed E-state index contributed by atoms with van der Waals surface area (Å²) in [4.78, 5) is 27.4. The third-order valence-electron chi connectivity index (χ3n) is 4.29. The molecular formula is C20H19FN4O3S. The minimum Gasteiger partial charge on any atom is -0.351 e. The number of amides is 1. The number of nitrogens with zero attached hydrogens (tertiary/aromatic N) is 3. The Bertz CT molecular complexity index is 1040. The zero-order valence-electron chi connectivity index (χ0n) is 15.8. The number of nitrogens with one attached hydrogen (secondary N) is 1. The van der Waals surface area contributed by atoms with Crippen LogP contribution in [0.5, 0.6) is 0 Å². The zero-order valence-corrected chi connectivity index (χ0v) is 16.6. The SMILES string of the molecule is Cc1nccn1-c1ccc(CNC(=O)C(C)Sc2ccc([N+](=O)[O-])cc2)cc1F. The van der Waals surface area contributed by atoms with Gasteiger partial charge in [-0.2, -0.15) is 0 Å². The van der Waals surface area contributed by atoms with Crippen molar-refractivity contribution in [2.24, 2.45) is 0 Å². The van der Waals surface area contributed by atoms with E-state index < -0.39 is 16.0 Å². The van der Waals surface area contributed by atoms with Crippen molar-refractivity contribution in [3.8, 4) is 5.69 Å². The van der Waals surface area contributed by atoms with Gasteiger partial charge in [0.05, 0.1) is 15.9 Å². The molecule has 3 aromatic rings. The third kappa shape index (κ3) is 5.00. The number of aryl methyl sites for hydroxylation is 1. The first-order valence-electron chi connectivity index (χ1n) is 8.82. The third-order valence-corrected chi connectivity index (χ3v) is 5.41. The number of rotatable bonds is 7. The summed E-state index contributed by atoms with van der Waals surface area (Å²) in [7, 11) is 0. The number of halogens is 1. The van der Waals surface area contributed by atoms with Crippen molar-refractivity contribution < 1.29 is 14.1 Å². The first-order valence-corrected chi connectivity index (χ1v) is 9.70. The molecule has 1 amide bonds. The van der Waals surface area contributed by atoms with Gasteiger partial charge in [0, 0.05) is 36.0 Å². The highest BCUT2D eigenvalue weighted by Crippen LogP contribution is 2.25. The predicted molar refractivity (Wildman–Crippen MR) is 109 cm³/mol. The van der Waals surface area contributed by atoms with Crippen LogP contribution >= 0.6 is 11.8 Å². The molecule has 0 spiro atoms. The van der Waals surface area contributed by atoms with Crippen molar-refractivity contribution in [3.63, 3.8) is 0 Å². The summed E-state index contributed by atoms with van der Waals surface area (Å²) in [5.41, 5.74) is 1.05. The molecule has 0 fully saturated rings. The number of hydrogen-bond acceptors (Lipinski definition) is 5. The number of carbonyl (C=O) groups excluding carboxylic acids is 1. The molecule has 2 aromatic carbocycles. The number of non-ortho nitro benzene ring substituents is 1. The van der Waals surface area contributed by atoms with Crippen LogP contribution in [0.25, 0.3) is 5.69 Å². The highest BCUT2D eigenvalue weighted by molar-refractivity contribution is 8.00. The first kappa shape index (κ1) is 20.5. The van der Waals surface area contributed by atoms with E-state index in [1.807, 2.05) is 0 Å². The van der Waals surface area contributed by atoms with Gasteiger partial charge in [0.25, 0.3) is 5.69 Å². The van der Waals surface area contributed by atoms with Crippen LogP contribution < -0.4 is 5.32 Å². The van der Waals surface area contributed by atoms with Gasteiger partial charge in [0.15, 0.2) is 0 Å². The fraction of sp³-hybridized carbons (Fsp3) is 0.200. The minimum atomic E-state index is -0.469. The van der Waals surface area contributed by atoms with E-state index in [4.69, 9.17) is 0 Å². The van der Waals surface area contributed by atoms with Crippen molar-refractivity contribution in [1.82, 2.24) is 14.9 Å². The Hall–Kier alpha value is -3.20. The van der Waals surface area contributed by atoms with Gasteiger partial charge in [0.1, 0.15) is 11.6 Å². The van der Waals surface area contributed by atoms with Crippen molar-refractivity contribution in [3.05, 3.63) is 82.2 Å². The van der Waals surface area contributed by atoms with Crippen LogP contribution in [0.15, 0.2) is 59.8 Å². The summed E-state index contributed by atoms with van der Waals surface area (Å²) in [5, 5.41) is 13.1. The number of nitro groups is 1. The molecule has 0 aliphatic rings. The Labute approximate surface area is 171 Å². The lowest BCUT2D eigenvalue weighted by Gasteiger charge is -2.13. The van der Waals surface area contributed by atoms with Gasteiger partial charge in [-0.25, -0.2) is 9.37 Å². The van der Waals surface area contributed by atoms with Gasteiger partial charge in [-0.1, -0.05) is 6.07 Å². The lowest BCUT2D eigenvalue weighted by molar-refractivity contribution is -0.384. The van der Waals surface area contributed by atoms with E-state index in [1.165, 1.54) is 30.0 Å². The normalized spacial score (nSPS) is 11.8. The van der Waals surface area contributed by atoms with E-state index in [0.717, 1.165) is 4.90 Å².